The van der Waals surface area contributed by atoms with Crippen LogP contribution < -0.4 is 5.32 Å². The Morgan fingerprint density at radius 2 is 2.14 bits per heavy atom. The van der Waals surface area contributed by atoms with Crippen LogP contribution in [0.1, 0.15) is 11.5 Å². The van der Waals surface area contributed by atoms with Gasteiger partial charge in [-0.05, 0) is 13.1 Å². The molecule has 78 valence electrons. The molecule has 1 heterocycles. The van der Waals surface area contributed by atoms with E-state index < -0.39 is 11.9 Å². The summed E-state index contributed by atoms with van der Waals surface area (Å²) in [6, 6.07) is 0.864. The van der Waals surface area contributed by atoms with Crippen LogP contribution in [-0.2, 0) is 12.6 Å². The SMILES string of the molecule is CNCCc1nccc(C(F)(F)F)n1. The Labute approximate surface area is 79.4 Å². The quantitative estimate of drug-likeness (QED) is 0.807. The third-order valence-electron chi connectivity index (χ3n) is 1.59. The number of hydrogen-bond donors (Lipinski definition) is 1. The fourth-order valence-electron chi connectivity index (χ4n) is 0.914. The Balaban J connectivity index is 2.79. The van der Waals surface area contributed by atoms with E-state index in [-0.39, 0.29) is 5.82 Å². The Morgan fingerprint density at radius 3 is 2.71 bits per heavy atom. The molecule has 0 aliphatic rings. The van der Waals surface area contributed by atoms with Crippen molar-refractivity contribution < 1.29 is 13.2 Å². The number of nitrogens with zero attached hydrogens (tertiary/aromatic N) is 2. The molecular weight excluding hydrogens is 195 g/mol. The molecule has 1 aromatic rings. The van der Waals surface area contributed by atoms with E-state index in [0.29, 0.717) is 13.0 Å². The lowest BCUT2D eigenvalue weighted by atomic mass is 10.3. The summed E-state index contributed by atoms with van der Waals surface area (Å²) in [7, 11) is 1.72. The first-order chi connectivity index (χ1) is 6.54. The van der Waals surface area contributed by atoms with Crippen molar-refractivity contribution in [3.05, 3.63) is 23.8 Å². The van der Waals surface area contributed by atoms with E-state index in [4.69, 9.17) is 0 Å². The van der Waals surface area contributed by atoms with Crippen LogP contribution in [0.3, 0.4) is 0 Å². The average Bonchev–Trinajstić information content (AvgIpc) is 2.14. The largest absolute Gasteiger partial charge is 0.433 e. The van der Waals surface area contributed by atoms with E-state index in [1.54, 1.807) is 7.05 Å². The summed E-state index contributed by atoms with van der Waals surface area (Å²) in [5, 5.41) is 2.81. The summed E-state index contributed by atoms with van der Waals surface area (Å²) < 4.78 is 36.6. The van der Waals surface area contributed by atoms with Gasteiger partial charge in [0.25, 0.3) is 0 Å². The van der Waals surface area contributed by atoms with Gasteiger partial charge in [-0.2, -0.15) is 13.2 Å². The second-order valence-corrected chi connectivity index (χ2v) is 2.71. The predicted molar refractivity (Wildman–Crippen MR) is 44.7 cm³/mol. The molecule has 3 nitrogen and oxygen atoms in total. The van der Waals surface area contributed by atoms with Gasteiger partial charge in [0.1, 0.15) is 11.5 Å². The van der Waals surface area contributed by atoms with Crippen LogP contribution in [0.25, 0.3) is 0 Å². The standard InChI is InChI=1S/C8H10F3N3/c1-12-4-3-7-13-5-2-6(14-7)8(9,10)11/h2,5,12H,3-4H2,1H3. The lowest BCUT2D eigenvalue weighted by molar-refractivity contribution is -0.141. The predicted octanol–water partition coefficient (Wildman–Crippen LogP) is 1.26. The Morgan fingerprint density at radius 1 is 1.43 bits per heavy atom. The summed E-state index contributed by atoms with van der Waals surface area (Å²) in [6.07, 6.45) is -2.88. The number of rotatable bonds is 3. The summed E-state index contributed by atoms with van der Waals surface area (Å²) in [5.41, 5.74) is -0.890. The fourth-order valence-corrected chi connectivity index (χ4v) is 0.914. The molecule has 0 fully saturated rings. The topological polar surface area (TPSA) is 37.8 Å². The molecule has 0 atom stereocenters. The van der Waals surface area contributed by atoms with Crippen molar-refractivity contribution in [2.45, 2.75) is 12.6 Å². The first-order valence-electron chi connectivity index (χ1n) is 4.08. The first-order valence-corrected chi connectivity index (χ1v) is 4.08. The van der Waals surface area contributed by atoms with E-state index >= 15 is 0 Å². The van der Waals surface area contributed by atoms with Crippen molar-refractivity contribution in [1.82, 2.24) is 15.3 Å². The average molecular weight is 205 g/mol. The minimum absolute atomic E-state index is 0.203. The molecule has 0 saturated heterocycles. The monoisotopic (exact) mass is 205 g/mol. The van der Waals surface area contributed by atoms with Crippen LogP contribution in [0.2, 0.25) is 0 Å². The Hall–Kier alpha value is -1.17. The normalized spacial score (nSPS) is 11.7. The zero-order chi connectivity index (χ0) is 10.6. The van der Waals surface area contributed by atoms with E-state index in [0.717, 1.165) is 12.3 Å². The second-order valence-electron chi connectivity index (χ2n) is 2.71. The molecule has 1 N–H and O–H groups in total. The molecular formula is C8H10F3N3. The van der Waals surface area contributed by atoms with Gasteiger partial charge < -0.3 is 5.32 Å². The lowest BCUT2D eigenvalue weighted by Gasteiger charge is -2.06. The van der Waals surface area contributed by atoms with Crippen LogP contribution in [0, 0.1) is 0 Å². The first kappa shape index (κ1) is 10.9. The minimum atomic E-state index is -4.39. The summed E-state index contributed by atoms with van der Waals surface area (Å²) in [6.45, 7) is 0.557. The van der Waals surface area contributed by atoms with E-state index in [9.17, 15) is 13.2 Å². The Bertz CT molecular complexity index is 298. The van der Waals surface area contributed by atoms with Crippen molar-refractivity contribution in [3.8, 4) is 0 Å². The van der Waals surface area contributed by atoms with Crippen molar-refractivity contribution in [2.24, 2.45) is 0 Å². The maximum absolute atomic E-state index is 12.2. The summed E-state index contributed by atoms with van der Waals surface area (Å²) >= 11 is 0. The number of likely N-dealkylation sites (N-methyl/N-ethyl adjacent to an activating group) is 1. The van der Waals surface area contributed by atoms with Gasteiger partial charge in [-0.3, -0.25) is 0 Å². The summed E-state index contributed by atoms with van der Waals surface area (Å²) in [4.78, 5) is 7.14. The molecule has 0 amide bonds. The lowest BCUT2D eigenvalue weighted by Crippen LogP contribution is -2.15. The van der Waals surface area contributed by atoms with Crippen LogP contribution >= 0.6 is 0 Å². The van der Waals surface area contributed by atoms with Gasteiger partial charge in [0.2, 0.25) is 0 Å². The van der Waals surface area contributed by atoms with Crippen molar-refractivity contribution in [3.63, 3.8) is 0 Å². The van der Waals surface area contributed by atoms with Gasteiger partial charge in [-0.25, -0.2) is 9.97 Å². The van der Waals surface area contributed by atoms with E-state index in [1.165, 1.54) is 0 Å². The molecule has 6 heteroatoms. The molecule has 1 aromatic heterocycles. The highest BCUT2D eigenvalue weighted by atomic mass is 19.4. The molecule has 0 aliphatic carbocycles. The number of hydrogen-bond acceptors (Lipinski definition) is 3. The molecule has 0 bridgehead atoms. The van der Waals surface area contributed by atoms with Crippen molar-refractivity contribution in [1.29, 1.82) is 0 Å². The molecule has 0 saturated carbocycles. The number of nitrogens with one attached hydrogen (secondary N) is 1. The highest BCUT2D eigenvalue weighted by molar-refractivity contribution is 5.06. The third-order valence-corrected chi connectivity index (χ3v) is 1.59. The second kappa shape index (κ2) is 4.36. The van der Waals surface area contributed by atoms with Crippen LogP contribution in [0.4, 0.5) is 13.2 Å². The van der Waals surface area contributed by atoms with E-state index in [2.05, 4.69) is 15.3 Å². The van der Waals surface area contributed by atoms with Crippen LogP contribution in [0.5, 0.6) is 0 Å². The number of halogens is 3. The highest BCUT2D eigenvalue weighted by Crippen LogP contribution is 2.26. The Kier molecular flexibility index (Phi) is 3.40. The molecule has 0 radical (unpaired) electrons. The molecule has 1 rings (SSSR count). The van der Waals surface area contributed by atoms with Crippen molar-refractivity contribution in [2.75, 3.05) is 13.6 Å². The number of alkyl halides is 3. The zero-order valence-electron chi connectivity index (χ0n) is 7.60. The van der Waals surface area contributed by atoms with Gasteiger partial charge in [-0.15, -0.1) is 0 Å². The molecule has 14 heavy (non-hydrogen) atoms. The molecule has 0 aliphatic heterocycles. The summed E-state index contributed by atoms with van der Waals surface area (Å²) in [5.74, 6) is 0.203. The smallest absolute Gasteiger partial charge is 0.319 e. The van der Waals surface area contributed by atoms with Gasteiger partial charge in [-0.1, -0.05) is 0 Å². The van der Waals surface area contributed by atoms with Crippen molar-refractivity contribution >= 4 is 0 Å². The molecule has 0 aromatic carbocycles. The van der Waals surface area contributed by atoms with Gasteiger partial charge in [0, 0.05) is 19.2 Å². The van der Waals surface area contributed by atoms with E-state index in [1.807, 2.05) is 0 Å². The van der Waals surface area contributed by atoms with Gasteiger partial charge in [0.05, 0.1) is 0 Å². The number of aromatic nitrogens is 2. The third kappa shape index (κ3) is 2.95. The fraction of sp³-hybridized carbons (Fsp3) is 0.500. The van der Waals surface area contributed by atoms with Gasteiger partial charge in [0.15, 0.2) is 0 Å². The zero-order valence-corrected chi connectivity index (χ0v) is 7.60. The maximum atomic E-state index is 12.2. The maximum Gasteiger partial charge on any atom is 0.433 e. The van der Waals surface area contributed by atoms with Gasteiger partial charge >= 0.3 is 6.18 Å². The van der Waals surface area contributed by atoms with Crippen LogP contribution in [0.15, 0.2) is 12.3 Å². The minimum Gasteiger partial charge on any atom is -0.319 e. The molecule has 0 unspecified atom stereocenters. The van der Waals surface area contributed by atoms with Crippen LogP contribution in [-0.4, -0.2) is 23.6 Å². The molecule has 0 spiro atoms. The highest BCUT2D eigenvalue weighted by Gasteiger charge is 2.32.